The van der Waals surface area contributed by atoms with Gasteiger partial charge in [0.05, 0.1) is 6.10 Å². The van der Waals surface area contributed by atoms with E-state index >= 15 is 0 Å². The van der Waals surface area contributed by atoms with Crippen LogP contribution in [-0.2, 0) is 9.53 Å². The number of hydrogen-bond donors (Lipinski definition) is 4. The Hall–Kier alpha value is -0.625. The van der Waals surface area contributed by atoms with E-state index in [0.29, 0.717) is 0 Å². The van der Waals surface area contributed by atoms with Gasteiger partial charge in [0.1, 0.15) is 6.10 Å². The Balaban J connectivity index is 0. The smallest absolute Gasteiger partial charge is 0.461 e. The maximum atomic E-state index is 10.5. The molecular weight excluding hydrogens is 179 g/mol. The molecular formula is C6H15BO6. The summed E-state index contributed by atoms with van der Waals surface area (Å²) in [5, 5.41) is 30.1. The number of ether oxygens (including phenoxy) is 1. The number of rotatable bonds is 2. The van der Waals surface area contributed by atoms with Crippen LogP contribution < -0.4 is 0 Å². The summed E-state index contributed by atoms with van der Waals surface area (Å²) in [5.74, 6) is -0.565. The molecule has 0 rings (SSSR count). The molecule has 0 aromatic heterocycles. The van der Waals surface area contributed by atoms with Gasteiger partial charge in [-0.3, -0.25) is 0 Å². The highest BCUT2D eigenvalue weighted by atomic mass is 16.6. The van der Waals surface area contributed by atoms with Crippen LogP contribution in [-0.4, -0.2) is 45.7 Å². The molecule has 1 unspecified atom stereocenters. The predicted octanol–water partition coefficient (Wildman–Crippen LogP) is -1.73. The van der Waals surface area contributed by atoms with Gasteiger partial charge in [-0.1, -0.05) is 0 Å². The SMILES string of the molecule is CC(C)OC(=O)C(C)O.OB(O)O. The molecule has 0 fully saturated rings. The molecule has 0 heterocycles. The largest absolute Gasteiger partial charge is 0.631 e. The van der Waals surface area contributed by atoms with Crippen LogP contribution in [0.25, 0.3) is 0 Å². The van der Waals surface area contributed by atoms with Gasteiger partial charge in [-0.2, -0.15) is 0 Å². The number of aliphatic hydroxyl groups excluding tert-OH is 1. The first-order valence-corrected chi connectivity index (χ1v) is 3.70. The summed E-state index contributed by atoms with van der Waals surface area (Å²) >= 11 is 0. The maximum absolute atomic E-state index is 10.5. The molecule has 0 amide bonds. The minimum atomic E-state index is -2.17. The highest BCUT2D eigenvalue weighted by Crippen LogP contribution is 1.92. The van der Waals surface area contributed by atoms with E-state index < -0.39 is 19.4 Å². The van der Waals surface area contributed by atoms with Crippen molar-refractivity contribution in [1.82, 2.24) is 0 Å². The summed E-state index contributed by atoms with van der Waals surface area (Å²) in [7, 11) is -2.17. The van der Waals surface area contributed by atoms with Gasteiger partial charge >= 0.3 is 13.3 Å². The van der Waals surface area contributed by atoms with Gasteiger partial charge in [0, 0.05) is 0 Å². The van der Waals surface area contributed by atoms with Gasteiger partial charge < -0.3 is 24.9 Å². The standard InChI is InChI=1S/C6H12O3.BH3O3/c1-4(2)9-6(8)5(3)7;2-1(3)4/h4-5,7H,1-3H3;2-4H. The minimum absolute atomic E-state index is 0.146. The van der Waals surface area contributed by atoms with Crippen molar-refractivity contribution in [3.8, 4) is 0 Å². The Morgan fingerprint density at radius 1 is 1.23 bits per heavy atom. The van der Waals surface area contributed by atoms with Crippen molar-refractivity contribution in [3.63, 3.8) is 0 Å². The van der Waals surface area contributed by atoms with Crippen LogP contribution >= 0.6 is 0 Å². The fraction of sp³-hybridized carbons (Fsp3) is 0.833. The average molecular weight is 194 g/mol. The normalized spacial score (nSPS) is 11.4. The second-order valence-corrected chi connectivity index (χ2v) is 2.51. The van der Waals surface area contributed by atoms with Crippen molar-refractivity contribution in [2.45, 2.75) is 33.0 Å². The van der Waals surface area contributed by atoms with Crippen molar-refractivity contribution in [3.05, 3.63) is 0 Å². The van der Waals surface area contributed by atoms with E-state index in [2.05, 4.69) is 4.74 Å². The highest BCUT2D eigenvalue weighted by molar-refractivity contribution is 6.30. The van der Waals surface area contributed by atoms with Gasteiger partial charge in [0.2, 0.25) is 0 Å². The number of carbonyl (C=O) groups excluding carboxylic acids is 1. The second-order valence-electron chi connectivity index (χ2n) is 2.51. The van der Waals surface area contributed by atoms with Gasteiger partial charge in [0.25, 0.3) is 0 Å². The molecule has 78 valence electrons. The summed E-state index contributed by atoms with van der Waals surface area (Å²) in [5.41, 5.74) is 0. The lowest BCUT2D eigenvalue weighted by Gasteiger charge is -2.08. The van der Waals surface area contributed by atoms with E-state index in [1.807, 2.05) is 0 Å². The van der Waals surface area contributed by atoms with E-state index in [-0.39, 0.29) is 6.10 Å². The van der Waals surface area contributed by atoms with Gasteiger partial charge in [-0.05, 0) is 20.8 Å². The summed E-state index contributed by atoms with van der Waals surface area (Å²) in [6.45, 7) is 4.85. The van der Waals surface area contributed by atoms with Crippen LogP contribution in [0.2, 0.25) is 0 Å². The molecule has 0 aromatic carbocycles. The molecule has 0 saturated heterocycles. The molecule has 0 radical (unpaired) electrons. The second kappa shape index (κ2) is 8.00. The first-order valence-electron chi connectivity index (χ1n) is 3.70. The van der Waals surface area contributed by atoms with E-state index in [4.69, 9.17) is 20.2 Å². The van der Waals surface area contributed by atoms with Crippen LogP contribution in [0.4, 0.5) is 0 Å². The first-order chi connectivity index (χ1) is 5.77. The van der Waals surface area contributed by atoms with Gasteiger partial charge in [-0.15, -0.1) is 0 Å². The summed E-state index contributed by atoms with van der Waals surface area (Å²) in [4.78, 5) is 10.5. The fourth-order valence-electron chi connectivity index (χ4n) is 0.331. The summed E-state index contributed by atoms with van der Waals surface area (Å²) in [6.07, 6.45) is -1.15. The van der Waals surface area contributed by atoms with E-state index in [1.165, 1.54) is 6.92 Å². The monoisotopic (exact) mass is 194 g/mol. The molecule has 13 heavy (non-hydrogen) atoms. The van der Waals surface area contributed by atoms with Crippen LogP contribution in [0.15, 0.2) is 0 Å². The van der Waals surface area contributed by atoms with Crippen LogP contribution in [0, 0.1) is 0 Å². The molecule has 0 spiro atoms. The molecule has 1 atom stereocenters. The zero-order valence-corrected chi connectivity index (χ0v) is 7.84. The Morgan fingerprint density at radius 2 is 1.54 bits per heavy atom. The van der Waals surface area contributed by atoms with E-state index in [1.54, 1.807) is 13.8 Å². The lowest BCUT2D eigenvalue weighted by atomic mass is 10.3. The Bertz CT molecular complexity index is 132. The van der Waals surface area contributed by atoms with Crippen molar-refractivity contribution in [1.29, 1.82) is 0 Å². The number of esters is 1. The minimum Gasteiger partial charge on any atom is -0.461 e. The van der Waals surface area contributed by atoms with Crippen LogP contribution in [0.5, 0.6) is 0 Å². The molecule has 0 aliphatic carbocycles. The average Bonchev–Trinajstić information content (AvgIpc) is 1.83. The quantitative estimate of drug-likeness (QED) is 0.307. The predicted molar refractivity (Wildman–Crippen MR) is 45.3 cm³/mol. The van der Waals surface area contributed by atoms with Crippen molar-refractivity contribution in [2.24, 2.45) is 0 Å². The third kappa shape index (κ3) is 18.4. The zero-order valence-electron chi connectivity index (χ0n) is 7.84. The molecule has 0 aliphatic rings. The molecule has 0 aromatic rings. The summed E-state index contributed by atoms with van der Waals surface area (Å²) in [6, 6.07) is 0. The lowest BCUT2D eigenvalue weighted by Crippen LogP contribution is -2.22. The lowest BCUT2D eigenvalue weighted by molar-refractivity contribution is -0.156. The van der Waals surface area contributed by atoms with Crippen molar-refractivity contribution < 1.29 is 29.7 Å². The van der Waals surface area contributed by atoms with E-state index in [9.17, 15) is 4.79 Å². The molecule has 0 bridgehead atoms. The molecule has 0 saturated carbocycles. The van der Waals surface area contributed by atoms with E-state index in [0.717, 1.165) is 0 Å². The Morgan fingerprint density at radius 3 is 1.62 bits per heavy atom. The number of hydrogen-bond acceptors (Lipinski definition) is 6. The summed E-state index contributed by atoms with van der Waals surface area (Å²) < 4.78 is 4.62. The molecule has 0 aliphatic heterocycles. The van der Waals surface area contributed by atoms with Crippen LogP contribution in [0.3, 0.4) is 0 Å². The van der Waals surface area contributed by atoms with Crippen molar-refractivity contribution >= 4 is 13.3 Å². The Labute approximate surface area is 76.9 Å². The first kappa shape index (κ1) is 14.9. The topological polar surface area (TPSA) is 107 Å². The molecule has 6 nitrogen and oxygen atoms in total. The van der Waals surface area contributed by atoms with Crippen LogP contribution in [0.1, 0.15) is 20.8 Å². The molecule has 4 N–H and O–H groups in total. The third-order valence-electron chi connectivity index (χ3n) is 0.693. The highest BCUT2D eigenvalue weighted by Gasteiger charge is 2.10. The fourth-order valence-corrected chi connectivity index (χ4v) is 0.331. The zero-order chi connectivity index (χ0) is 11.0. The van der Waals surface area contributed by atoms with Gasteiger partial charge in [-0.25, -0.2) is 4.79 Å². The Kier molecular flexibility index (Phi) is 9.15. The molecule has 7 heteroatoms. The maximum Gasteiger partial charge on any atom is 0.631 e. The van der Waals surface area contributed by atoms with Crippen molar-refractivity contribution in [2.75, 3.05) is 0 Å². The third-order valence-corrected chi connectivity index (χ3v) is 0.693. The number of aliphatic hydroxyl groups is 1. The number of carbonyl (C=O) groups is 1. The van der Waals surface area contributed by atoms with Gasteiger partial charge in [0.15, 0.2) is 0 Å².